The van der Waals surface area contributed by atoms with Gasteiger partial charge in [0.25, 0.3) is 0 Å². The van der Waals surface area contributed by atoms with E-state index in [9.17, 15) is 0 Å². The van der Waals surface area contributed by atoms with Crippen molar-refractivity contribution in [3.8, 4) is 5.75 Å². The molecule has 0 atom stereocenters. The zero-order chi connectivity index (χ0) is 9.97. The molecule has 0 aliphatic heterocycles. The molecule has 1 aromatic rings. The Morgan fingerprint density at radius 3 is 2.93 bits per heavy atom. The average Bonchev–Trinajstić information content (AvgIpc) is 3.00. The Morgan fingerprint density at radius 2 is 2.29 bits per heavy atom. The van der Waals surface area contributed by atoms with Crippen molar-refractivity contribution in [2.75, 3.05) is 7.11 Å². The van der Waals surface area contributed by atoms with Crippen LogP contribution in [0.25, 0.3) is 0 Å². The van der Waals surface area contributed by atoms with Gasteiger partial charge in [0.2, 0.25) is 0 Å². The van der Waals surface area contributed by atoms with Crippen LogP contribution in [0.15, 0.2) is 22.7 Å². The fraction of sp³-hybridized carbons (Fsp3) is 0.455. The number of halogens is 1. The van der Waals surface area contributed by atoms with Crippen molar-refractivity contribution in [2.45, 2.75) is 25.4 Å². The van der Waals surface area contributed by atoms with Gasteiger partial charge in [-0.05, 0) is 46.5 Å². The van der Waals surface area contributed by atoms with Gasteiger partial charge in [0.05, 0.1) is 11.6 Å². The van der Waals surface area contributed by atoms with E-state index in [1.54, 1.807) is 7.11 Å². The Bertz CT molecular complexity index is 323. The van der Waals surface area contributed by atoms with Crippen LogP contribution in [0.1, 0.15) is 18.4 Å². The third kappa shape index (κ3) is 2.49. The van der Waals surface area contributed by atoms with Crippen LogP contribution in [0.3, 0.4) is 0 Å². The molecule has 3 heteroatoms. The van der Waals surface area contributed by atoms with Crippen LogP contribution in [0.4, 0.5) is 0 Å². The smallest absolute Gasteiger partial charge is 0.133 e. The monoisotopic (exact) mass is 255 g/mol. The summed E-state index contributed by atoms with van der Waals surface area (Å²) in [5.41, 5.74) is 1.27. The lowest BCUT2D eigenvalue weighted by Crippen LogP contribution is -2.15. The third-order valence-corrected chi connectivity index (χ3v) is 3.04. The summed E-state index contributed by atoms with van der Waals surface area (Å²) in [4.78, 5) is 0. The van der Waals surface area contributed by atoms with Crippen molar-refractivity contribution >= 4 is 15.9 Å². The minimum atomic E-state index is 0.754. The van der Waals surface area contributed by atoms with Crippen molar-refractivity contribution in [1.29, 1.82) is 0 Å². The molecule has 76 valence electrons. The molecule has 1 aliphatic rings. The van der Waals surface area contributed by atoms with Gasteiger partial charge in [-0.25, -0.2) is 0 Å². The van der Waals surface area contributed by atoms with Crippen LogP contribution in [-0.4, -0.2) is 13.2 Å². The van der Waals surface area contributed by atoms with Crippen LogP contribution < -0.4 is 10.1 Å². The number of benzene rings is 1. The molecule has 2 rings (SSSR count). The molecule has 0 saturated heterocycles. The first-order chi connectivity index (χ1) is 6.79. The second-order valence-corrected chi connectivity index (χ2v) is 4.48. The highest BCUT2D eigenvalue weighted by Gasteiger charge is 2.19. The Morgan fingerprint density at radius 1 is 1.50 bits per heavy atom. The van der Waals surface area contributed by atoms with Crippen molar-refractivity contribution < 1.29 is 4.74 Å². The Hall–Kier alpha value is -0.540. The van der Waals surface area contributed by atoms with Crippen LogP contribution in [-0.2, 0) is 6.54 Å². The topological polar surface area (TPSA) is 21.3 Å². The molecule has 0 radical (unpaired) electrons. The predicted octanol–water partition coefficient (Wildman–Crippen LogP) is 2.71. The number of hydrogen-bond donors (Lipinski definition) is 1. The summed E-state index contributed by atoms with van der Waals surface area (Å²) in [6.45, 7) is 0.939. The second kappa shape index (κ2) is 4.32. The fourth-order valence-electron chi connectivity index (χ4n) is 1.36. The number of nitrogens with one attached hydrogen (secondary N) is 1. The van der Waals surface area contributed by atoms with Crippen molar-refractivity contribution in [3.63, 3.8) is 0 Å². The van der Waals surface area contributed by atoms with E-state index < -0.39 is 0 Å². The molecule has 14 heavy (non-hydrogen) atoms. The number of ether oxygens (including phenoxy) is 1. The van der Waals surface area contributed by atoms with Gasteiger partial charge in [-0.15, -0.1) is 0 Å². The summed E-state index contributed by atoms with van der Waals surface area (Å²) in [6, 6.07) is 6.97. The van der Waals surface area contributed by atoms with E-state index in [0.29, 0.717) is 0 Å². The standard InChI is InChI=1S/C11H14BrNO/c1-14-11-6-8(2-5-10(11)12)7-13-9-3-4-9/h2,5-6,9,13H,3-4,7H2,1H3. The maximum absolute atomic E-state index is 5.23. The molecule has 0 unspecified atom stereocenters. The summed E-state index contributed by atoms with van der Waals surface area (Å²) in [5, 5.41) is 3.47. The van der Waals surface area contributed by atoms with Gasteiger partial charge in [0.15, 0.2) is 0 Å². The summed E-state index contributed by atoms with van der Waals surface area (Å²) in [5.74, 6) is 0.903. The highest BCUT2D eigenvalue weighted by molar-refractivity contribution is 9.10. The first-order valence-corrected chi connectivity index (χ1v) is 5.64. The molecule has 0 bridgehead atoms. The lowest BCUT2D eigenvalue weighted by Gasteiger charge is -2.07. The summed E-state index contributed by atoms with van der Waals surface area (Å²) in [7, 11) is 1.69. The van der Waals surface area contributed by atoms with Crippen molar-refractivity contribution in [2.24, 2.45) is 0 Å². The molecule has 1 saturated carbocycles. The van der Waals surface area contributed by atoms with Gasteiger partial charge in [-0.3, -0.25) is 0 Å². The normalized spacial score (nSPS) is 15.6. The van der Waals surface area contributed by atoms with Crippen molar-refractivity contribution in [1.82, 2.24) is 5.32 Å². The molecule has 0 spiro atoms. The van der Waals surface area contributed by atoms with E-state index in [2.05, 4.69) is 33.4 Å². The molecule has 1 aromatic carbocycles. The van der Waals surface area contributed by atoms with Gasteiger partial charge in [-0.1, -0.05) is 6.07 Å². The quantitative estimate of drug-likeness (QED) is 0.894. The lowest BCUT2D eigenvalue weighted by atomic mass is 10.2. The number of rotatable bonds is 4. The Labute approximate surface area is 92.8 Å². The van der Waals surface area contributed by atoms with E-state index in [1.165, 1.54) is 18.4 Å². The van der Waals surface area contributed by atoms with E-state index in [0.717, 1.165) is 22.8 Å². The summed E-state index contributed by atoms with van der Waals surface area (Å²) in [6.07, 6.45) is 2.65. The molecule has 0 heterocycles. The van der Waals surface area contributed by atoms with E-state index in [4.69, 9.17) is 4.74 Å². The SMILES string of the molecule is COc1cc(CNC2CC2)ccc1Br. The largest absolute Gasteiger partial charge is 0.496 e. The van der Waals surface area contributed by atoms with Crippen LogP contribution in [0.5, 0.6) is 5.75 Å². The van der Waals surface area contributed by atoms with Crippen LogP contribution in [0, 0.1) is 0 Å². The second-order valence-electron chi connectivity index (χ2n) is 3.62. The summed E-state index contributed by atoms with van der Waals surface area (Å²) < 4.78 is 6.24. The van der Waals surface area contributed by atoms with Crippen LogP contribution >= 0.6 is 15.9 Å². The highest BCUT2D eigenvalue weighted by Crippen LogP contribution is 2.26. The molecular weight excluding hydrogens is 242 g/mol. The molecule has 0 amide bonds. The number of hydrogen-bond acceptors (Lipinski definition) is 2. The van der Waals surface area contributed by atoms with Gasteiger partial charge in [0.1, 0.15) is 5.75 Å². The molecule has 1 N–H and O–H groups in total. The maximum Gasteiger partial charge on any atom is 0.133 e. The molecule has 2 nitrogen and oxygen atoms in total. The molecule has 0 aromatic heterocycles. The average molecular weight is 256 g/mol. The molecule has 1 fully saturated rings. The highest BCUT2D eigenvalue weighted by atomic mass is 79.9. The Balaban J connectivity index is 2.01. The van der Waals surface area contributed by atoms with Gasteiger partial charge < -0.3 is 10.1 Å². The zero-order valence-corrected chi connectivity index (χ0v) is 9.80. The minimum Gasteiger partial charge on any atom is -0.496 e. The van der Waals surface area contributed by atoms with E-state index in [-0.39, 0.29) is 0 Å². The first kappa shape index (κ1) is 9.99. The first-order valence-electron chi connectivity index (χ1n) is 4.85. The maximum atomic E-state index is 5.23. The van der Waals surface area contributed by atoms with Gasteiger partial charge in [0, 0.05) is 12.6 Å². The molecule has 1 aliphatic carbocycles. The Kier molecular flexibility index (Phi) is 3.08. The van der Waals surface area contributed by atoms with Gasteiger partial charge >= 0.3 is 0 Å². The van der Waals surface area contributed by atoms with E-state index in [1.807, 2.05) is 6.07 Å². The fourth-order valence-corrected chi connectivity index (χ4v) is 1.77. The predicted molar refractivity (Wildman–Crippen MR) is 60.6 cm³/mol. The summed E-state index contributed by atoms with van der Waals surface area (Å²) >= 11 is 3.44. The number of methoxy groups -OCH3 is 1. The zero-order valence-electron chi connectivity index (χ0n) is 8.22. The van der Waals surface area contributed by atoms with Gasteiger partial charge in [-0.2, -0.15) is 0 Å². The molecular formula is C11H14BrNO. The lowest BCUT2D eigenvalue weighted by molar-refractivity contribution is 0.411. The minimum absolute atomic E-state index is 0.754. The van der Waals surface area contributed by atoms with Crippen LogP contribution in [0.2, 0.25) is 0 Å². The van der Waals surface area contributed by atoms with E-state index >= 15 is 0 Å². The third-order valence-electron chi connectivity index (χ3n) is 2.39. The van der Waals surface area contributed by atoms with Crippen molar-refractivity contribution in [3.05, 3.63) is 28.2 Å².